The van der Waals surface area contributed by atoms with Gasteiger partial charge >= 0.3 is 0 Å². The Morgan fingerprint density at radius 1 is 1.16 bits per heavy atom. The minimum Gasteiger partial charge on any atom is -0.394 e. The molecule has 0 radical (unpaired) electrons. The van der Waals surface area contributed by atoms with E-state index >= 15 is 0 Å². The number of carbonyl (C=O) groups is 3. The number of unbranched alkanes of at least 4 members (excludes halogenated alkanes) is 1. The highest BCUT2D eigenvalue weighted by Crippen LogP contribution is 2.71. The highest BCUT2D eigenvalue weighted by atomic mass is 32.2. The molecular weight excluding hydrogens is 426 g/mol. The third-order valence-corrected chi connectivity index (χ3v) is 9.46. The van der Waals surface area contributed by atoms with Gasteiger partial charge in [-0.2, -0.15) is 0 Å². The van der Waals surface area contributed by atoms with Crippen molar-refractivity contribution in [3.8, 4) is 0 Å². The number of nitrogens with zero attached hydrogens (tertiary/aromatic N) is 1. The SMILES string of the molecule is CCCCNC(=O)C1N([C@@H](CO)CC(C)C)C(=O)[C@@H]2[C@@H](C(=O)NCCC)[C@@]3(C)CCC12S3. The summed E-state index contributed by atoms with van der Waals surface area (Å²) < 4.78 is -0.959. The van der Waals surface area contributed by atoms with Crippen LogP contribution < -0.4 is 10.6 Å². The van der Waals surface area contributed by atoms with Crippen LogP contribution in [0.25, 0.3) is 0 Å². The van der Waals surface area contributed by atoms with E-state index in [-0.39, 0.29) is 35.0 Å². The summed E-state index contributed by atoms with van der Waals surface area (Å²) in [4.78, 5) is 42.5. The number of thioether (sulfide) groups is 1. The molecule has 3 heterocycles. The van der Waals surface area contributed by atoms with E-state index in [1.54, 1.807) is 16.7 Å². The maximum absolute atomic E-state index is 14.0. The molecule has 1 spiro atoms. The van der Waals surface area contributed by atoms with Gasteiger partial charge in [-0.15, -0.1) is 11.8 Å². The quantitative estimate of drug-likeness (QED) is 0.405. The molecule has 0 aromatic rings. The van der Waals surface area contributed by atoms with Gasteiger partial charge in [-0.1, -0.05) is 34.1 Å². The molecule has 32 heavy (non-hydrogen) atoms. The largest absolute Gasteiger partial charge is 0.394 e. The summed E-state index contributed by atoms with van der Waals surface area (Å²) in [7, 11) is 0. The Balaban J connectivity index is 2.01. The summed E-state index contributed by atoms with van der Waals surface area (Å²) in [5, 5.41) is 16.3. The van der Waals surface area contributed by atoms with Gasteiger partial charge in [-0.3, -0.25) is 14.4 Å². The average Bonchev–Trinajstić information content (AvgIpc) is 3.31. The number of fused-ring (bicyclic) bond motifs is 1. The topological polar surface area (TPSA) is 98.7 Å². The maximum atomic E-state index is 14.0. The van der Waals surface area contributed by atoms with E-state index in [0.717, 1.165) is 32.1 Å². The predicted molar refractivity (Wildman–Crippen MR) is 127 cm³/mol. The first kappa shape index (κ1) is 25.3. The second-order valence-electron chi connectivity index (χ2n) is 10.4. The number of aliphatic hydroxyl groups excluding tert-OH is 1. The van der Waals surface area contributed by atoms with Crippen molar-refractivity contribution in [2.45, 2.75) is 94.7 Å². The summed E-state index contributed by atoms with van der Waals surface area (Å²) in [6, 6.07) is -1.07. The van der Waals surface area contributed by atoms with Crippen LogP contribution in [0.1, 0.15) is 73.1 Å². The number of carbonyl (C=O) groups excluding carboxylic acids is 3. The highest BCUT2D eigenvalue weighted by Gasteiger charge is 2.77. The molecule has 2 unspecified atom stereocenters. The normalized spacial score (nSPS) is 34.2. The molecule has 3 aliphatic heterocycles. The average molecular weight is 468 g/mol. The Morgan fingerprint density at radius 2 is 1.84 bits per heavy atom. The van der Waals surface area contributed by atoms with Crippen LogP contribution >= 0.6 is 11.8 Å². The van der Waals surface area contributed by atoms with Gasteiger partial charge in [0.15, 0.2) is 0 Å². The van der Waals surface area contributed by atoms with Crippen molar-refractivity contribution < 1.29 is 19.5 Å². The molecule has 3 N–H and O–H groups in total. The lowest BCUT2D eigenvalue weighted by Crippen LogP contribution is -2.56. The van der Waals surface area contributed by atoms with Crippen molar-refractivity contribution in [1.29, 1.82) is 0 Å². The van der Waals surface area contributed by atoms with E-state index in [2.05, 4.69) is 38.3 Å². The fourth-order valence-electron chi connectivity index (χ4n) is 6.12. The molecule has 3 fully saturated rings. The summed E-state index contributed by atoms with van der Waals surface area (Å²) in [5.74, 6) is -1.04. The molecule has 3 amide bonds. The van der Waals surface area contributed by atoms with Crippen LogP contribution in [0.4, 0.5) is 0 Å². The standard InChI is InChI=1S/C24H41N3O4S/c1-6-8-12-26-21(30)19-24-10-9-23(5,32-24)17(20(29)25-11-7-2)18(24)22(31)27(19)16(14-28)13-15(3)4/h15-19,28H,6-14H2,1-5H3,(H,25,29)(H,26,30)/t16-,17+,18+,19?,23-,24?/m1/s1. The molecule has 0 aromatic carbocycles. The van der Waals surface area contributed by atoms with Gasteiger partial charge < -0.3 is 20.6 Å². The number of rotatable bonds is 11. The summed E-state index contributed by atoms with van der Waals surface area (Å²) in [5.41, 5.74) is 0. The van der Waals surface area contributed by atoms with Crippen LogP contribution in [0.15, 0.2) is 0 Å². The van der Waals surface area contributed by atoms with Gasteiger partial charge in [0.05, 0.1) is 29.2 Å². The van der Waals surface area contributed by atoms with Crippen molar-refractivity contribution in [2.75, 3.05) is 19.7 Å². The van der Waals surface area contributed by atoms with E-state index in [1.807, 2.05) is 6.92 Å². The first-order valence-electron chi connectivity index (χ1n) is 12.4. The van der Waals surface area contributed by atoms with Crippen LogP contribution in [0.3, 0.4) is 0 Å². The van der Waals surface area contributed by atoms with Gasteiger partial charge in [0.1, 0.15) is 6.04 Å². The molecule has 3 saturated heterocycles. The van der Waals surface area contributed by atoms with E-state index in [0.29, 0.717) is 19.5 Å². The van der Waals surface area contributed by atoms with Crippen LogP contribution in [0, 0.1) is 17.8 Å². The number of hydrogen-bond acceptors (Lipinski definition) is 5. The Bertz CT molecular complexity index is 732. The van der Waals surface area contributed by atoms with Crippen molar-refractivity contribution in [2.24, 2.45) is 17.8 Å². The van der Waals surface area contributed by atoms with Gasteiger partial charge in [-0.25, -0.2) is 0 Å². The fraction of sp³-hybridized carbons (Fsp3) is 0.875. The predicted octanol–water partition coefficient (Wildman–Crippen LogP) is 2.32. The lowest BCUT2D eigenvalue weighted by atomic mass is 9.66. The smallest absolute Gasteiger partial charge is 0.244 e. The zero-order chi connectivity index (χ0) is 23.7. The molecule has 3 rings (SSSR count). The third-order valence-electron chi connectivity index (χ3n) is 7.47. The van der Waals surface area contributed by atoms with Crippen LogP contribution in [0.2, 0.25) is 0 Å². The number of hydrogen-bond donors (Lipinski definition) is 3. The van der Waals surface area contributed by atoms with E-state index in [4.69, 9.17) is 0 Å². The zero-order valence-electron chi connectivity index (χ0n) is 20.3. The van der Waals surface area contributed by atoms with E-state index in [9.17, 15) is 19.5 Å². The molecule has 182 valence electrons. The monoisotopic (exact) mass is 467 g/mol. The first-order valence-corrected chi connectivity index (χ1v) is 13.2. The molecule has 0 aromatic heterocycles. The van der Waals surface area contributed by atoms with E-state index in [1.165, 1.54) is 0 Å². The number of nitrogens with one attached hydrogen (secondary N) is 2. The minimum atomic E-state index is -0.649. The van der Waals surface area contributed by atoms with Crippen LogP contribution in [-0.4, -0.2) is 69.0 Å². The zero-order valence-corrected chi connectivity index (χ0v) is 21.1. The molecule has 2 bridgehead atoms. The van der Waals surface area contributed by atoms with Crippen molar-refractivity contribution >= 4 is 29.5 Å². The lowest BCUT2D eigenvalue weighted by Gasteiger charge is -2.37. The molecule has 7 nitrogen and oxygen atoms in total. The summed E-state index contributed by atoms with van der Waals surface area (Å²) >= 11 is 1.69. The molecule has 6 atom stereocenters. The molecule has 3 aliphatic rings. The molecular formula is C24H41N3O4S. The van der Waals surface area contributed by atoms with Gasteiger partial charge in [0, 0.05) is 17.8 Å². The molecule has 8 heteroatoms. The van der Waals surface area contributed by atoms with Crippen molar-refractivity contribution in [1.82, 2.24) is 15.5 Å². The fourth-order valence-corrected chi connectivity index (χ4v) is 8.46. The number of aliphatic hydroxyl groups is 1. The lowest BCUT2D eigenvalue weighted by molar-refractivity contribution is -0.143. The second-order valence-corrected chi connectivity index (χ2v) is 12.3. The van der Waals surface area contributed by atoms with Crippen molar-refractivity contribution in [3.05, 3.63) is 0 Å². The Kier molecular flexibility index (Phi) is 7.85. The van der Waals surface area contributed by atoms with Crippen molar-refractivity contribution in [3.63, 3.8) is 0 Å². The number of likely N-dealkylation sites (tertiary alicyclic amines) is 1. The first-order chi connectivity index (χ1) is 15.2. The summed E-state index contributed by atoms with van der Waals surface area (Å²) in [6.07, 6.45) is 4.86. The van der Waals surface area contributed by atoms with Gasteiger partial charge in [-0.05, 0) is 44.9 Å². The Labute approximate surface area is 196 Å². The Morgan fingerprint density at radius 3 is 2.44 bits per heavy atom. The third kappa shape index (κ3) is 4.17. The highest BCUT2D eigenvalue weighted by molar-refractivity contribution is 8.02. The maximum Gasteiger partial charge on any atom is 0.244 e. The number of amides is 3. The minimum absolute atomic E-state index is 0.0711. The molecule has 0 aliphatic carbocycles. The van der Waals surface area contributed by atoms with Crippen LogP contribution in [-0.2, 0) is 14.4 Å². The molecule has 0 saturated carbocycles. The second kappa shape index (κ2) is 9.92. The van der Waals surface area contributed by atoms with Gasteiger partial charge in [0.25, 0.3) is 0 Å². The summed E-state index contributed by atoms with van der Waals surface area (Å²) in [6.45, 7) is 11.3. The van der Waals surface area contributed by atoms with E-state index < -0.39 is 28.7 Å². The van der Waals surface area contributed by atoms with Crippen LogP contribution in [0.5, 0.6) is 0 Å². The Hall–Kier alpha value is -1.28. The van der Waals surface area contributed by atoms with Gasteiger partial charge in [0.2, 0.25) is 17.7 Å².